The van der Waals surface area contributed by atoms with E-state index in [0.29, 0.717) is 18.4 Å². The highest BCUT2D eigenvalue weighted by atomic mass is 16.3. The molecule has 1 atom stereocenters. The normalized spacial score (nSPS) is 12.0. The fourth-order valence-electron chi connectivity index (χ4n) is 2.80. The standard InChI is InChI=1S/C22H27N3O2/c1-5-8-17-9-7-10-18(21(17)26)14-23-25-22(27)19(6-2)24-20-12-11-15(3)13-16(20)4/h5,7,9-14,19,24,26H,1,6,8H2,2-4H3,(H,25,27)/b23-14+/t19-/m1/s1. The number of hydrogen-bond acceptors (Lipinski definition) is 4. The molecule has 142 valence electrons. The Hall–Kier alpha value is -3.08. The lowest BCUT2D eigenvalue weighted by Gasteiger charge is -2.18. The minimum atomic E-state index is -0.399. The van der Waals surface area contributed by atoms with Crippen molar-refractivity contribution in [2.75, 3.05) is 5.32 Å². The van der Waals surface area contributed by atoms with Crippen LogP contribution in [0.15, 0.2) is 54.2 Å². The Morgan fingerprint density at radius 3 is 2.74 bits per heavy atom. The van der Waals surface area contributed by atoms with E-state index >= 15 is 0 Å². The van der Waals surface area contributed by atoms with Crippen molar-refractivity contribution in [1.82, 2.24) is 5.43 Å². The Morgan fingerprint density at radius 1 is 1.30 bits per heavy atom. The lowest BCUT2D eigenvalue weighted by atomic mass is 10.1. The molecule has 1 amide bonds. The number of aryl methyl sites for hydroxylation is 2. The van der Waals surface area contributed by atoms with E-state index in [4.69, 9.17) is 0 Å². The van der Waals surface area contributed by atoms with Gasteiger partial charge in [0.05, 0.1) is 6.21 Å². The molecule has 0 fully saturated rings. The van der Waals surface area contributed by atoms with Crippen LogP contribution < -0.4 is 10.7 Å². The lowest BCUT2D eigenvalue weighted by molar-refractivity contribution is -0.121. The van der Waals surface area contributed by atoms with Gasteiger partial charge >= 0.3 is 0 Å². The van der Waals surface area contributed by atoms with Crippen molar-refractivity contribution < 1.29 is 9.90 Å². The zero-order chi connectivity index (χ0) is 19.8. The lowest BCUT2D eigenvalue weighted by Crippen LogP contribution is -2.37. The van der Waals surface area contributed by atoms with Crippen LogP contribution in [0.5, 0.6) is 5.75 Å². The van der Waals surface area contributed by atoms with Gasteiger partial charge in [0, 0.05) is 11.3 Å². The van der Waals surface area contributed by atoms with E-state index in [2.05, 4.69) is 28.5 Å². The third-order valence-electron chi connectivity index (χ3n) is 4.33. The number of rotatable bonds is 8. The predicted molar refractivity (Wildman–Crippen MR) is 111 cm³/mol. The molecule has 5 nitrogen and oxygen atoms in total. The average molecular weight is 365 g/mol. The molecule has 2 aromatic carbocycles. The van der Waals surface area contributed by atoms with Crippen LogP contribution in [0.2, 0.25) is 0 Å². The first-order valence-electron chi connectivity index (χ1n) is 9.04. The van der Waals surface area contributed by atoms with Gasteiger partial charge in [-0.2, -0.15) is 5.10 Å². The molecule has 0 radical (unpaired) electrons. The summed E-state index contributed by atoms with van der Waals surface area (Å²) < 4.78 is 0. The average Bonchev–Trinajstić information content (AvgIpc) is 2.64. The van der Waals surface area contributed by atoms with E-state index in [1.807, 2.05) is 45.0 Å². The molecule has 0 aliphatic carbocycles. The molecule has 0 aliphatic heterocycles. The van der Waals surface area contributed by atoms with Crippen molar-refractivity contribution in [1.29, 1.82) is 0 Å². The fourth-order valence-corrected chi connectivity index (χ4v) is 2.80. The number of aromatic hydroxyl groups is 1. The van der Waals surface area contributed by atoms with Crippen molar-refractivity contribution >= 4 is 17.8 Å². The fraction of sp³-hybridized carbons (Fsp3) is 0.273. The summed E-state index contributed by atoms with van der Waals surface area (Å²) in [4.78, 5) is 12.4. The van der Waals surface area contributed by atoms with Gasteiger partial charge in [-0.05, 0) is 49.9 Å². The molecule has 0 aliphatic rings. The number of nitrogens with one attached hydrogen (secondary N) is 2. The monoisotopic (exact) mass is 365 g/mol. The second-order valence-electron chi connectivity index (χ2n) is 6.51. The number of allylic oxidation sites excluding steroid dienone is 1. The first-order chi connectivity index (χ1) is 13.0. The number of hydrazone groups is 1. The van der Waals surface area contributed by atoms with E-state index in [1.165, 1.54) is 11.8 Å². The molecule has 0 saturated heterocycles. The first-order valence-corrected chi connectivity index (χ1v) is 9.04. The molecule has 5 heteroatoms. The number of benzene rings is 2. The molecule has 3 N–H and O–H groups in total. The smallest absolute Gasteiger partial charge is 0.262 e. The van der Waals surface area contributed by atoms with Crippen LogP contribution in [0, 0.1) is 13.8 Å². The second-order valence-corrected chi connectivity index (χ2v) is 6.51. The summed E-state index contributed by atoms with van der Waals surface area (Å²) in [6.45, 7) is 9.66. The van der Waals surface area contributed by atoms with Gasteiger partial charge in [0.1, 0.15) is 11.8 Å². The van der Waals surface area contributed by atoms with Gasteiger partial charge in [-0.3, -0.25) is 4.79 Å². The zero-order valence-corrected chi connectivity index (χ0v) is 16.1. The summed E-state index contributed by atoms with van der Waals surface area (Å²) in [5, 5.41) is 17.5. The summed E-state index contributed by atoms with van der Waals surface area (Å²) in [5.74, 6) is -0.0775. The highest BCUT2D eigenvalue weighted by molar-refractivity contribution is 5.88. The van der Waals surface area contributed by atoms with Crippen molar-refractivity contribution in [3.63, 3.8) is 0 Å². The van der Waals surface area contributed by atoms with Crippen molar-refractivity contribution in [2.24, 2.45) is 5.10 Å². The van der Waals surface area contributed by atoms with Crippen LogP contribution >= 0.6 is 0 Å². The molecule has 0 heterocycles. The molecule has 0 aromatic heterocycles. The largest absolute Gasteiger partial charge is 0.507 e. The SMILES string of the molecule is C=CCc1cccc(/C=N/NC(=O)[C@@H](CC)Nc2ccc(C)cc2C)c1O. The molecular weight excluding hydrogens is 338 g/mol. The van der Waals surface area contributed by atoms with Gasteiger partial charge in [-0.25, -0.2) is 5.43 Å². The van der Waals surface area contributed by atoms with E-state index < -0.39 is 6.04 Å². The third kappa shape index (κ3) is 5.45. The Kier molecular flexibility index (Phi) is 7.17. The van der Waals surface area contributed by atoms with Crippen LogP contribution in [-0.4, -0.2) is 23.3 Å². The molecule has 0 bridgehead atoms. The van der Waals surface area contributed by atoms with E-state index in [1.54, 1.807) is 12.1 Å². The van der Waals surface area contributed by atoms with Gasteiger partial charge in [0.2, 0.25) is 0 Å². The van der Waals surface area contributed by atoms with Crippen LogP contribution in [-0.2, 0) is 11.2 Å². The van der Waals surface area contributed by atoms with Gasteiger partial charge < -0.3 is 10.4 Å². The number of anilines is 1. The van der Waals surface area contributed by atoms with E-state index in [0.717, 1.165) is 16.8 Å². The van der Waals surface area contributed by atoms with Crippen molar-refractivity contribution in [3.05, 3.63) is 71.3 Å². The Morgan fingerprint density at radius 2 is 2.07 bits per heavy atom. The summed E-state index contributed by atoms with van der Waals surface area (Å²) in [6, 6.07) is 11.1. The zero-order valence-electron chi connectivity index (χ0n) is 16.1. The Balaban J connectivity index is 2.03. The second kappa shape index (κ2) is 9.57. The third-order valence-corrected chi connectivity index (χ3v) is 4.33. The van der Waals surface area contributed by atoms with Gasteiger partial charge in [0.15, 0.2) is 0 Å². The number of para-hydroxylation sites is 1. The maximum absolute atomic E-state index is 12.4. The van der Waals surface area contributed by atoms with Gasteiger partial charge in [-0.15, -0.1) is 6.58 Å². The number of nitrogens with zero attached hydrogens (tertiary/aromatic N) is 1. The number of phenolic OH excluding ortho intramolecular Hbond substituents is 1. The number of amides is 1. The quantitative estimate of drug-likeness (QED) is 0.375. The maximum atomic E-state index is 12.4. The minimum Gasteiger partial charge on any atom is -0.507 e. The van der Waals surface area contributed by atoms with Crippen molar-refractivity contribution in [2.45, 2.75) is 39.7 Å². The molecule has 27 heavy (non-hydrogen) atoms. The number of hydrogen-bond donors (Lipinski definition) is 3. The predicted octanol–water partition coefficient (Wildman–Crippen LogP) is 4.08. The first kappa shape index (κ1) is 20.2. The van der Waals surface area contributed by atoms with Gasteiger partial charge in [-0.1, -0.05) is 42.8 Å². The minimum absolute atomic E-state index is 0.149. The molecule has 0 saturated carbocycles. The molecule has 2 rings (SSSR count). The summed E-state index contributed by atoms with van der Waals surface area (Å²) in [6.07, 6.45) is 4.36. The van der Waals surface area contributed by atoms with Crippen molar-refractivity contribution in [3.8, 4) is 5.75 Å². The van der Waals surface area contributed by atoms with Gasteiger partial charge in [0.25, 0.3) is 5.91 Å². The number of carbonyl (C=O) groups excluding carboxylic acids is 1. The van der Waals surface area contributed by atoms with Crippen LogP contribution in [0.1, 0.15) is 35.6 Å². The summed E-state index contributed by atoms with van der Waals surface area (Å²) in [5.41, 5.74) is 7.06. The highest BCUT2D eigenvalue weighted by Gasteiger charge is 2.16. The van der Waals surface area contributed by atoms with E-state index in [9.17, 15) is 9.90 Å². The Labute approximate surface area is 160 Å². The summed E-state index contributed by atoms with van der Waals surface area (Å²) in [7, 11) is 0. The molecule has 0 unspecified atom stereocenters. The van der Waals surface area contributed by atoms with Crippen LogP contribution in [0.3, 0.4) is 0 Å². The Bertz CT molecular complexity index is 843. The van der Waals surface area contributed by atoms with E-state index in [-0.39, 0.29) is 11.7 Å². The highest BCUT2D eigenvalue weighted by Crippen LogP contribution is 2.21. The number of phenols is 1. The molecular formula is C22H27N3O2. The maximum Gasteiger partial charge on any atom is 0.262 e. The van der Waals surface area contributed by atoms with Crippen LogP contribution in [0.25, 0.3) is 0 Å². The molecule has 0 spiro atoms. The number of carbonyl (C=O) groups is 1. The topological polar surface area (TPSA) is 73.7 Å². The van der Waals surface area contributed by atoms with Crippen LogP contribution in [0.4, 0.5) is 5.69 Å². The summed E-state index contributed by atoms with van der Waals surface area (Å²) >= 11 is 0. The molecule has 2 aromatic rings.